The van der Waals surface area contributed by atoms with Crippen LogP contribution in [0.15, 0.2) is 60.7 Å². The lowest BCUT2D eigenvalue weighted by Crippen LogP contribution is -3.28. The summed E-state index contributed by atoms with van der Waals surface area (Å²) < 4.78 is 0. The summed E-state index contributed by atoms with van der Waals surface area (Å²) in [6.07, 6.45) is 4.48. The van der Waals surface area contributed by atoms with Crippen LogP contribution in [0.3, 0.4) is 0 Å². The third kappa shape index (κ3) is 4.24. The molecule has 4 heteroatoms. The number of para-hydroxylation sites is 1. The van der Waals surface area contributed by atoms with Crippen molar-refractivity contribution in [1.29, 1.82) is 0 Å². The summed E-state index contributed by atoms with van der Waals surface area (Å²) in [6, 6.07) is 18.5. The molecule has 0 unspecified atom stereocenters. The number of aromatic nitrogens is 1. The molecule has 4 nitrogen and oxygen atoms in total. The maximum Gasteiger partial charge on any atom is 0.219 e. The Morgan fingerprint density at radius 1 is 0.964 bits per heavy atom. The fourth-order valence-electron chi connectivity index (χ4n) is 4.22. The number of fused-ring (bicyclic) bond motifs is 1. The van der Waals surface area contributed by atoms with E-state index in [2.05, 4.69) is 41.4 Å². The van der Waals surface area contributed by atoms with E-state index < -0.39 is 0 Å². The summed E-state index contributed by atoms with van der Waals surface area (Å²) in [5.74, 6) is 0.261. The third-order valence-electron chi connectivity index (χ3n) is 5.76. The normalized spacial score (nSPS) is 20.0. The molecule has 0 bridgehead atoms. The predicted octanol–water partition coefficient (Wildman–Crippen LogP) is 1.16. The minimum atomic E-state index is 0.261. The van der Waals surface area contributed by atoms with Gasteiger partial charge in [0.2, 0.25) is 5.78 Å². The first-order valence-electron chi connectivity index (χ1n) is 10.2. The van der Waals surface area contributed by atoms with Crippen molar-refractivity contribution in [3.05, 3.63) is 77.5 Å². The number of hydrogen-bond acceptors (Lipinski definition) is 1. The lowest BCUT2D eigenvalue weighted by molar-refractivity contribution is -1.01. The van der Waals surface area contributed by atoms with Crippen LogP contribution in [0.25, 0.3) is 17.0 Å². The molecule has 1 fully saturated rings. The van der Waals surface area contributed by atoms with E-state index >= 15 is 0 Å². The number of rotatable bonds is 6. The zero-order chi connectivity index (χ0) is 19.3. The van der Waals surface area contributed by atoms with Gasteiger partial charge in [0.05, 0.1) is 12.1 Å². The molecule has 28 heavy (non-hydrogen) atoms. The van der Waals surface area contributed by atoms with Gasteiger partial charge >= 0.3 is 0 Å². The summed E-state index contributed by atoms with van der Waals surface area (Å²) in [5.41, 5.74) is 4.17. The standard InChI is InChI=1S/C24H27N3O/c1-19-24(21-11-5-6-12-22(21)25-19)23(28)18-27-16-14-26(15-17-27)13-7-10-20-8-3-2-4-9-20/h2-12,25H,13-18H2,1H3/p+2/b10-7+. The second-order valence-electron chi connectivity index (χ2n) is 7.79. The molecule has 0 radical (unpaired) electrons. The molecule has 2 aromatic carbocycles. The molecule has 1 aliphatic rings. The number of carbonyl (C=O) groups excluding carboxylic acids is 1. The van der Waals surface area contributed by atoms with Crippen molar-refractivity contribution in [1.82, 2.24) is 4.98 Å². The maximum atomic E-state index is 13.0. The van der Waals surface area contributed by atoms with E-state index in [-0.39, 0.29) is 5.78 Å². The molecule has 3 N–H and O–H groups in total. The molecular formula is C24H29N3O+2. The number of aromatic amines is 1. The van der Waals surface area contributed by atoms with E-state index in [4.69, 9.17) is 0 Å². The first-order valence-corrected chi connectivity index (χ1v) is 10.2. The van der Waals surface area contributed by atoms with Crippen molar-refractivity contribution in [2.75, 3.05) is 39.3 Å². The summed E-state index contributed by atoms with van der Waals surface area (Å²) in [5, 5.41) is 1.06. The van der Waals surface area contributed by atoms with Crippen molar-refractivity contribution >= 4 is 22.8 Å². The van der Waals surface area contributed by atoms with Crippen LogP contribution in [0, 0.1) is 6.92 Å². The maximum absolute atomic E-state index is 13.0. The number of hydrogen-bond donors (Lipinski definition) is 3. The number of piperazine rings is 1. The van der Waals surface area contributed by atoms with Gasteiger partial charge in [0.25, 0.3) is 0 Å². The van der Waals surface area contributed by atoms with E-state index in [1.165, 1.54) is 10.5 Å². The van der Waals surface area contributed by atoms with Crippen LogP contribution in [0.1, 0.15) is 21.6 Å². The Balaban J connectivity index is 1.30. The molecular weight excluding hydrogens is 346 g/mol. The van der Waals surface area contributed by atoms with E-state index in [9.17, 15) is 4.79 Å². The van der Waals surface area contributed by atoms with Gasteiger partial charge in [-0.25, -0.2) is 0 Å². The summed E-state index contributed by atoms with van der Waals surface area (Å²) >= 11 is 0. The number of benzene rings is 2. The number of nitrogens with one attached hydrogen (secondary N) is 3. The van der Waals surface area contributed by atoms with Crippen LogP contribution in [-0.4, -0.2) is 50.0 Å². The average molecular weight is 376 g/mol. The quantitative estimate of drug-likeness (QED) is 0.556. The molecule has 1 aliphatic heterocycles. The van der Waals surface area contributed by atoms with Gasteiger partial charge < -0.3 is 14.8 Å². The fourth-order valence-corrected chi connectivity index (χ4v) is 4.22. The predicted molar refractivity (Wildman–Crippen MR) is 114 cm³/mol. The van der Waals surface area contributed by atoms with Gasteiger partial charge in [0.1, 0.15) is 32.7 Å². The highest BCUT2D eigenvalue weighted by atomic mass is 16.1. The number of aryl methyl sites for hydroxylation is 1. The van der Waals surface area contributed by atoms with Crippen molar-refractivity contribution in [2.24, 2.45) is 0 Å². The van der Waals surface area contributed by atoms with Crippen LogP contribution >= 0.6 is 0 Å². The molecule has 3 aromatic rings. The molecule has 1 saturated heterocycles. The molecule has 0 atom stereocenters. The fraction of sp³-hybridized carbons (Fsp3) is 0.292. The van der Waals surface area contributed by atoms with Crippen molar-refractivity contribution < 1.29 is 14.6 Å². The van der Waals surface area contributed by atoms with Crippen molar-refractivity contribution in [3.8, 4) is 0 Å². The zero-order valence-corrected chi connectivity index (χ0v) is 16.5. The van der Waals surface area contributed by atoms with Crippen LogP contribution in [-0.2, 0) is 0 Å². The van der Waals surface area contributed by atoms with Gasteiger partial charge in [-0.15, -0.1) is 0 Å². The highest BCUT2D eigenvalue weighted by molar-refractivity contribution is 6.09. The number of ketones is 1. The zero-order valence-electron chi connectivity index (χ0n) is 16.5. The molecule has 0 amide bonds. The molecule has 4 rings (SSSR count). The van der Waals surface area contributed by atoms with Gasteiger partial charge in [-0.1, -0.05) is 54.6 Å². The number of carbonyl (C=O) groups is 1. The van der Waals surface area contributed by atoms with Crippen LogP contribution < -0.4 is 9.80 Å². The van der Waals surface area contributed by atoms with Crippen LogP contribution in [0.4, 0.5) is 0 Å². The van der Waals surface area contributed by atoms with Crippen molar-refractivity contribution in [3.63, 3.8) is 0 Å². The Hall–Kier alpha value is -2.69. The Morgan fingerprint density at radius 2 is 1.64 bits per heavy atom. The Morgan fingerprint density at radius 3 is 2.43 bits per heavy atom. The molecule has 1 aromatic heterocycles. The minimum Gasteiger partial charge on any atom is -0.358 e. The summed E-state index contributed by atoms with van der Waals surface area (Å²) in [6.45, 7) is 8.00. The van der Waals surface area contributed by atoms with E-state index in [1.807, 2.05) is 37.3 Å². The SMILES string of the molecule is Cc1[nH]c2ccccc2c1C(=O)C[NH+]1CC[NH+](C/C=C/c2ccccc2)CC1. The average Bonchev–Trinajstić information content (AvgIpc) is 3.06. The topological polar surface area (TPSA) is 41.7 Å². The molecule has 2 heterocycles. The molecule has 0 spiro atoms. The Bertz CT molecular complexity index is 966. The van der Waals surface area contributed by atoms with E-state index in [1.54, 1.807) is 4.90 Å². The second kappa shape index (κ2) is 8.55. The summed E-state index contributed by atoms with van der Waals surface area (Å²) in [4.78, 5) is 19.3. The lowest BCUT2D eigenvalue weighted by atomic mass is 10.1. The molecule has 144 valence electrons. The monoisotopic (exact) mass is 375 g/mol. The van der Waals surface area contributed by atoms with Crippen molar-refractivity contribution in [2.45, 2.75) is 6.92 Å². The molecule has 0 aliphatic carbocycles. The third-order valence-corrected chi connectivity index (χ3v) is 5.76. The minimum absolute atomic E-state index is 0.261. The van der Waals surface area contributed by atoms with E-state index in [0.29, 0.717) is 6.54 Å². The highest BCUT2D eigenvalue weighted by Gasteiger charge is 2.26. The van der Waals surface area contributed by atoms with Gasteiger partial charge in [-0.05, 0) is 24.6 Å². The first-order chi connectivity index (χ1) is 13.7. The largest absolute Gasteiger partial charge is 0.358 e. The lowest BCUT2D eigenvalue weighted by Gasteiger charge is -2.28. The summed E-state index contributed by atoms with van der Waals surface area (Å²) in [7, 11) is 0. The highest BCUT2D eigenvalue weighted by Crippen LogP contribution is 2.21. The number of H-pyrrole nitrogens is 1. The number of quaternary nitrogens is 2. The number of Topliss-reactive ketones (excluding diaryl/α,β-unsaturated/α-hetero) is 1. The van der Waals surface area contributed by atoms with E-state index in [0.717, 1.165) is 54.9 Å². The van der Waals surface area contributed by atoms with Crippen LogP contribution in [0.5, 0.6) is 0 Å². The Labute approximate surface area is 166 Å². The van der Waals surface area contributed by atoms with Crippen LogP contribution in [0.2, 0.25) is 0 Å². The van der Waals surface area contributed by atoms with Gasteiger partial charge in [-0.3, -0.25) is 4.79 Å². The first kappa shape index (κ1) is 18.7. The Kier molecular flexibility index (Phi) is 5.70. The second-order valence-corrected chi connectivity index (χ2v) is 7.79. The smallest absolute Gasteiger partial charge is 0.219 e. The van der Waals surface area contributed by atoms with Gasteiger partial charge in [0, 0.05) is 16.6 Å². The molecule has 0 saturated carbocycles. The van der Waals surface area contributed by atoms with Gasteiger partial charge in [0.15, 0.2) is 0 Å². The van der Waals surface area contributed by atoms with Gasteiger partial charge in [-0.2, -0.15) is 0 Å².